The normalized spacial score (nSPS) is 18.3. The van der Waals surface area contributed by atoms with Gasteiger partial charge in [-0.3, -0.25) is 9.36 Å². The second-order valence-electron chi connectivity index (χ2n) is 7.31. The Hall–Kier alpha value is -2.91. The number of carboxylic acids is 1. The Labute approximate surface area is 180 Å². The van der Waals surface area contributed by atoms with Crippen LogP contribution in [0, 0.1) is 13.8 Å². The number of aromatic nitrogens is 3. The van der Waals surface area contributed by atoms with E-state index >= 15 is 0 Å². The van der Waals surface area contributed by atoms with Crippen LogP contribution in [0.25, 0.3) is 5.69 Å². The minimum Gasteiger partial charge on any atom is -0.481 e. The molecule has 1 aliphatic rings. The lowest BCUT2D eigenvalue weighted by molar-refractivity contribution is -0.146. The second kappa shape index (κ2) is 7.65. The van der Waals surface area contributed by atoms with Crippen molar-refractivity contribution in [1.29, 1.82) is 0 Å². The number of ether oxygens (including phenoxy) is 1. The van der Waals surface area contributed by atoms with Crippen molar-refractivity contribution in [1.82, 2.24) is 14.8 Å². The van der Waals surface area contributed by atoms with Crippen LogP contribution >= 0.6 is 11.6 Å². The van der Waals surface area contributed by atoms with Gasteiger partial charge < -0.3 is 9.84 Å². The third-order valence-electron chi connectivity index (χ3n) is 5.33. The predicted octanol–water partition coefficient (Wildman–Crippen LogP) is 5.19. The highest BCUT2D eigenvalue weighted by molar-refractivity contribution is 6.30. The largest absolute Gasteiger partial charge is 0.481 e. The second-order valence-corrected chi connectivity index (χ2v) is 7.75. The van der Waals surface area contributed by atoms with Crippen molar-refractivity contribution in [2.75, 3.05) is 0 Å². The van der Waals surface area contributed by atoms with Gasteiger partial charge in [-0.1, -0.05) is 29.8 Å². The number of hydrogen-bond donors (Lipinski definition) is 1. The number of carbonyl (C=O) groups is 1. The van der Waals surface area contributed by atoms with E-state index in [0.29, 0.717) is 16.1 Å². The van der Waals surface area contributed by atoms with E-state index in [-0.39, 0.29) is 11.5 Å². The fourth-order valence-electron chi connectivity index (χ4n) is 3.76. The van der Waals surface area contributed by atoms with E-state index in [9.17, 15) is 23.1 Å². The van der Waals surface area contributed by atoms with Gasteiger partial charge in [-0.05, 0) is 48.7 Å². The fraction of sp³-hybridized carbons (Fsp3) is 0.286. The Morgan fingerprint density at radius 1 is 1.19 bits per heavy atom. The Morgan fingerprint density at radius 3 is 2.61 bits per heavy atom. The summed E-state index contributed by atoms with van der Waals surface area (Å²) in [5.74, 6) is -2.73. The van der Waals surface area contributed by atoms with E-state index in [1.54, 1.807) is 6.07 Å². The Balaban J connectivity index is 2.04. The van der Waals surface area contributed by atoms with Gasteiger partial charge in [0, 0.05) is 10.6 Å². The molecule has 6 nitrogen and oxygen atoms in total. The van der Waals surface area contributed by atoms with Gasteiger partial charge in [0.2, 0.25) is 5.82 Å². The number of benzene rings is 2. The van der Waals surface area contributed by atoms with Crippen molar-refractivity contribution in [3.63, 3.8) is 0 Å². The van der Waals surface area contributed by atoms with E-state index in [2.05, 4.69) is 10.2 Å². The third-order valence-corrected chi connectivity index (χ3v) is 5.57. The van der Waals surface area contributed by atoms with Gasteiger partial charge in [-0.15, -0.1) is 10.2 Å². The third kappa shape index (κ3) is 3.79. The summed E-state index contributed by atoms with van der Waals surface area (Å²) in [6.07, 6.45) is -7.52. The van der Waals surface area contributed by atoms with Crippen LogP contribution in [0.3, 0.4) is 0 Å². The number of aliphatic carboxylic acids is 1. The van der Waals surface area contributed by atoms with Crippen LogP contribution in [0.4, 0.5) is 13.2 Å². The summed E-state index contributed by atoms with van der Waals surface area (Å²) in [7, 11) is 0. The van der Waals surface area contributed by atoms with Crippen LogP contribution < -0.4 is 0 Å². The van der Waals surface area contributed by atoms with E-state index in [1.807, 2.05) is 26.0 Å². The molecule has 1 aliphatic heterocycles. The quantitative estimate of drug-likeness (QED) is 0.593. The summed E-state index contributed by atoms with van der Waals surface area (Å²) >= 11 is 6.19. The molecule has 3 aromatic rings. The minimum atomic E-state index is -4.81. The van der Waals surface area contributed by atoms with Crippen LogP contribution in [0.1, 0.15) is 52.5 Å². The average molecular weight is 452 g/mol. The van der Waals surface area contributed by atoms with Gasteiger partial charge in [0.25, 0.3) is 0 Å². The van der Waals surface area contributed by atoms with E-state index in [4.69, 9.17) is 16.3 Å². The lowest BCUT2D eigenvalue weighted by atomic mass is 9.93. The molecular weight excluding hydrogens is 435 g/mol. The summed E-state index contributed by atoms with van der Waals surface area (Å²) in [5, 5.41) is 16.7. The summed E-state index contributed by atoms with van der Waals surface area (Å²) < 4.78 is 48.2. The van der Waals surface area contributed by atoms with E-state index in [1.165, 1.54) is 18.2 Å². The highest BCUT2D eigenvalue weighted by Gasteiger charge is 2.43. The molecule has 31 heavy (non-hydrogen) atoms. The summed E-state index contributed by atoms with van der Waals surface area (Å²) in [6.45, 7) is 3.77. The molecule has 0 aliphatic carbocycles. The maximum atomic E-state index is 13.7. The number of alkyl halides is 3. The SMILES string of the molecule is Cc1cccc(C2OC(CC(=O)O)c3nnc(C(F)(F)F)n3-c3ccc(Cl)cc32)c1C. The van der Waals surface area contributed by atoms with Gasteiger partial charge in [0.15, 0.2) is 5.82 Å². The number of carboxylic acid groups (broad SMARTS) is 1. The molecule has 0 spiro atoms. The summed E-state index contributed by atoms with van der Waals surface area (Å²) in [6, 6.07) is 9.93. The fourth-order valence-corrected chi connectivity index (χ4v) is 3.94. The van der Waals surface area contributed by atoms with Crippen LogP contribution in [-0.2, 0) is 15.7 Å². The molecule has 0 saturated carbocycles. The van der Waals surface area contributed by atoms with Crippen molar-refractivity contribution in [3.05, 3.63) is 75.3 Å². The molecule has 0 amide bonds. The van der Waals surface area contributed by atoms with Gasteiger partial charge in [-0.2, -0.15) is 13.2 Å². The topological polar surface area (TPSA) is 77.2 Å². The first-order valence-corrected chi connectivity index (χ1v) is 9.71. The predicted molar refractivity (Wildman–Crippen MR) is 105 cm³/mol. The molecule has 10 heteroatoms. The zero-order valence-corrected chi connectivity index (χ0v) is 17.2. The van der Waals surface area contributed by atoms with Crippen molar-refractivity contribution in [3.8, 4) is 5.69 Å². The number of aryl methyl sites for hydroxylation is 1. The smallest absolute Gasteiger partial charge is 0.452 e. The zero-order chi connectivity index (χ0) is 22.5. The molecule has 2 heterocycles. The zero-order valence-electron chi connectivity index (χ0n) is 16.4. The molecule has 162 valence electrons. The van der Waals surface area contributed by atoms with Crippen molar-refractivity contribution >= 4 is 17.6 Å². The highest BCUT2D eigenvalue weighted by Crippen LogP contribution is 2.44. The number of rotatable bonds is 3. The molecule has 2 atom stereocenters. The number of hydrogen-bond acceptors (Lipinski definition) is 4. The van der Waals surface area contributed by atoms with Crippen LogP contribution in [0.5, 0.6) is 0 Å². The van der Waals surface area contributed by atoms with E-state index in [0.717, 1.165) is 15.7 Å². The average Bonchev–Trinajstić information content (AvgIpc) is 3.08. The first kappa shape index (κ1) is 21.3. The molecule has 0 bridgehead atoms. The molecule has 0 fully saturated rings. The first-order valence-electron chi connectivity index (χ1n) is 9.33. The monoisotopic (exact) mass is 451 g/mol. The summed E-state index contributed by atoms with van der Waals surface area (Å²) in [5.41, 5.74) is 3.03. The maximum absolute atomic E-state index is 13.7. The Morgan fingerprint density at radius 2 is 1.94 bits per heavy atom. The Kier molecular flexibility index (Phi) is 5.26. The first-order chi connectivity index (χ1) is 14.6. The standard InChI is InChI=1S/C21H17ClF3N3O3/c1-10-4-3-5-13(11(10)2)18-14-8-12(22)6-7-15(14)28-19(16(31-18)9-17(29)30)26-27-20(28)21(23,24)25/h3-8,16,18H,9H2,1-2H3,(H,29,30). The van der Waals surface area contributed by atoms with Gasteiger partial charge in [0.05, 0.1) is 12.1 Å². The van der Waals surface area contributed by atoms with Crippen molar-refractivity contribution < 1.29 is 27.8 Å². The van der Waals surface area contributed by atoms with Gasteiger partial charge in [0.1, 0.15) is 12.2 Å². The Bertz CT molecular complexity index is 1180. The highest BCUT2D eigenvalue weighted by atomic mass is 35.5. The van der Waals surface area contributed by atoms with E-state index < -0.39 is 36.6 Å². The number of fused-ring (bicyclic) bond motifs is 3. The lowest BCUT2D eigenvalue weighted by Crippen LogP contribution is -2.17. The molecular formula is C21H17ClF3N3O3. The van der Waals surface area contributed by atoms with Crippen LogP contribution in [0.2, 0.25) is 5.02 Å². The van der Waals surface area contributed by atoms with Crippen molar-refractivity contribution in [2.24, 2.45) is 0 Å². The summed E-state index contributed by atoms with van der Waals surface area (Å²) in [4.78, 5) is 11.5. The van der Waals surface area contributed by atoms with Crippen LogP contribution in [-0.4, -0.2) is 25.8 Å². The maximum Gasteiger partial charge on any atom is 0.452 e. The molecule has 0 saturated heterocycles. The lowest BCUT2D eigenvalue weighted by Gasteiger charge is -2.24. The molecule has 1 aromatic heterocycles. The van der Waals surface area contributed by atoms with Crippen molar-refractivity contribution in [2.45, 2.75) is 38.7 Å². The molecule has 2 aromatic carbocycles. The molecule has 2 unspecified atom stereocenters. The van der Waals surface area contributed by atoms with Gasteiger partial charge >= 0.3 is 12.1 Å². The minimum absolute atomic E-state index is 0.135. The number of halogens is 4. The molecule has 4 rings (SSSR count). The number of nitrogens with zero attached hydrogens (tertiary/aromatic N) is 3. The van der Waals surface area contributed by atoms with Crippen LogP contribution in [0.15, 0.2) is 36.4 Å². The molecule has 1 N–H and O–H groups in total. The van der Waals surface area contributed by atoms with Gasteiger partial charge in [-0.25, -0.2) is 0 Å². The molecule has 0 radical (unpaired) electrons.